The van der Waals surface area contributed by atoms with E-state index in [0.29, 0.717) is 5.56 Å². The van der Waals surface area contributed by atoms with Crippen LogP contribution in [0.1, 0.15) is 28.1 Å². The van der Waals surface area contributed by atoms with Crippen LogP contribution in [0.2, 0.25) is 0 Å². The molecular formula is C19H24N2O3. The quantitative estimate of drug-likeness (QED) is 0.790. The molecule has 5 heteroatoms. The van der Waals surface area contributed by atoms with Crippen LogP contribution >= 0.6 is 0 Å². The maximum Gasteiger partial charge on any atom is 0.338 e. The molecule has 1 fully saturated rings. The summed E-state index contributed by atoms with van der Waals surface area (Å²) in [5, 5.41) is 0. The first-order valence-electron chi connectivity index (χ1n) is 8.39. The van der Waals surface area contributed by atoms with E-state index in [1.807, 2.05) is 36.4 Å². The molecule has 0 saturated carbocycles. The summed E-state index contributed by atoms with van der Waals surface area (Å²) in [7, 11) is 1.43. The van der Waals surface area contributed by atoms with Gasteiger partial charge in [0.15, 0.2) is 0 Å². The van der Waals surface area contributed by atoms with Crippen LogP contribution < -0.4 is 0 Å². The molecule has 2 heterocycles. The second-order valence-electron chi connectivity index (χ2n) is 6.13. The number of nitrogens with zero attached hydrogens (tertiary/aromatic N) is 2. The van der Waals surface area contributed by atoms with Crippen molar-refractivity contribution in [2.24, 2.45) is 0 Å². The van der Waals surface area contributed by atoms with Crippen LogP contribution in [0.15, 0.2) is 47.1 Å². The van der Waals surface area contributed by atoms with Crippen molar-refractivity contribution < 1.29 is 13.9 Å². The van der Waals surface area contributed by atoms with Gasteiger partial charge in [-0.2, -0.15) is 0 Å². The van der Waals surface area contributed by atoms with E-state index >= 15 is 0 Å². The number of hydrogen-bond acceptors (Lipinski definition) is 5. The number of hydrogen-bond donors (Lipinski definition) is 0. The average molecular weight is 328 g/mol. The second kappa shape index (κ2) is 8.13. The van der Waals surface area contributed by atoms with Crippen molar-refractivity contribution in [3.05, 3.63) is 59.5 Å². The standard InChI is InChI=1S/C19H24N2O3/c1-23-19(22)18-8-3-2-6-16(18)14-20-9-5-10-21(12-11-20)15-17-7-4-13-24-17/h2-4,6-8,13H,5,9-12,14-15H2,1H3. The summed E-state index contributed by atoms with van der Waals surface area (Å²) in [5.41, 5.74) is 1.69. The molecule has 1 aromatic heterocycles. The lowest BCUT2D eigenvalue weighted by molar-refractivity contribution is 0.0598. The van der Waals surface area contributed by atoms with Gasteiger partial charge in [0, 0.05) is 19.6 Å². The molecule has 2 aromatic rings. The SMILES string of the molecule is COC(=O)c1ccccc1CN1CCCN(Cc2ccco2)CC1. The first kappa shape index (κ1) is 16.7. The lowest BCUT2D eigenvalue weighted by Gasteiger charge is -2.22. The van der Waals surface area contributed by atoms with Crippen LogP contribution in [0, 0.1) is 0 Å². The van der Waals surface area contributed by atoms with Gasteiger partial charge in [-0.1, -0.05) is 18.2 Å². The third kappa shape index (κ3) is 4.24. The lowest BCUT2D eigenvalue weighted by atomic mass is 10.1. The van der Waals surface area contributed by atoms with Crippen LogP contribution in [0.3, 0.4) is 0 Å². The summed E-state index contributed by atoms with van der Waals surface area (Å²) >= 11 is 0. The van der Waals surface area contributed by atoms with Crippen LogP contribution in [0.4, 0.5) is 0 Å². The molecule has 3 rings (SSSR count). The molecule has 1 aliphatic heterocycles. The number of furan rings is 1. The number of methoxy groups -OCH3 is 1. The monoisotopic (exact) mass is 328 g/mol. The fourth-order valence-corrected chi connectivity index (χ4v) is 3.17. The van der Waals surface area contributed by atoms with Gasteiger partial charge < -0.3 is 9.15 Å². The Kier molecular flexibility index (Phi) is 5.67. The number of carbonyl (C=O) groups is 1. The van der Waals surface area contributed by atoms with Gasteiger partial charge in [-0.25, -0.2) is 4.79 Å². The summed E-state index contributed by atoms with van der Waals surface area (Å²) in [6.07, 6.45) is 2.84. The Bertz CT molecular complexity index is 654. The normalized spacial score (nSPS) is 16.7. The Morgan fingerprint density at radius 1 is 1.04 bits per heavy atom. The highest BCUT2D eigenvalue weighted by atomic mass is 16.5. The van der Waals surface area contributed by atoms with Gasteiger partial charge in [0.1, 0.15) is 5.76 Å². The highest BCUT2D eigenvalue weighted by Gasteiger charge is 2.18. The van der Waals surface area contributed by atoms with Crippen molar-refractivity contribution in [1.29, 1.82) is 0 Å². The summed E-state index contributed by atoms with van der Waals surface area (Å²) in [4.78, 5) is 16.7. The Morgan fingerprint density at radius 2 is 1.79 bits per heavy atom. The molecule has 1 aliphatic rings. The lowest BCUT2D eigenvalue weighted by Crippen LogP contribution is -2.30. The molecule has 0 radical (unpaired) electrons. The van der Waals surface area contributed by atoms with E-state index in [9.17, 15) is 4.79 Å². The van der Waals surface area contributed by atoms with E-state index in [1.165, 1.54) is 7.11 Å². The van der Waals surface area contributed by atoms with Crippen molar-refractivity contribution >= 4 is 5.97 Å². The zero-order valence-electron chi connectivity index (χ0n) is 14.1. The maximum absolute atomic E-state index is 11.9. The van der Waals surface area contributed by atoms with Gasteiger partial charge in [0.05, 0.1) is 25.5 Å². The Balaban J connectivity index is 1.60. The van der Waals surface area contributed by atoms with Crippen molar-refractivity contribution in [3.8, 4) is 0 Å². The van der Waals surface area contributed by atoms with E-state index in [1.54, 1.807) is 6.26 Å². The predicted molar refractivity (Wildman–Crippen MR) is 91.7 cm³/mol. The third-order valence-corrected chi connectivity index (χ3v) is 4.46. The molecule has 1 aromatic carbocycles. The number of carbonyl (C=O) groups excluding carboxylic acids is 1. The third-order valence-electron chi connectivity index (χ3n) is 4.46. The van der Waals surface area contributed by atoms with Crippen molar-refractivity contribution in [1.82, 2.24) is 9.80 Å². The topological polar surface area (TPSA) is 45.9 Å². The molecular weight excluding hydrogens is 304 g/mol. The van der Waals surface area contributed by atoms with Crippen molar-refractivity contribution in [3.63, 3.8) is 0 Å². The first-order chi connectivity index (χ1) is 11.8. The maximum atomic E-state index is 11.9. The molecule has 0 aliphatic carbocycles. The van der Waals surface area contributed by atoms with Crippen LogP contribution in [-0.2, 0) is 17.8 Å². The average Bonchev–Trinajstić information content (AvgIpc) is 3.02. The largest absolute Gasteiger partial charge is 0.468 e. The van der Waals surface area contributed by atoms with E-state index in [2.05, 4.69) is 9.80 Å². The molecule has 5 nitrogen and oxygen atoms in total. The minimum atomic E-state index is -0.264. The molecule has 0 bridgehead atoms. The minimum Gasteiger partial charge on any atom is -0.468 e. The molecule has 0 spiro atoms. The molecule has 0 unspecified atom stereocenters. The van der Waals surface area contributed by atoms with Gasteiger partial charge in [0.2, 0.25) is 0 Å². The summed E-state index contributed by atoms with van der Waals surface area (Å²) in [5.74, 6) is 0.749. The van der Waals surface area contributed by atoms with Crippen molar-refractivity contribution in [2.45, 2.75) is 19.5 Å². The second-order valence-corrected chi connectivity index (χ2v) is 6.13. The summed E-state index contributed by atoms with van der Waals surface area (Å²) < 4.78 is 10.3. The van der Waals surface area contributed by atoms with Gasteiger partial charge in [-0.3, -0.25) is 9.80 Å². The zero-order chi connectivity index (χ0) is 16.8. The van der Waals surface area contributed by atoms with Crippen molar-refractivity contribution in [2.75, 3.05) is 33.3 Å². The Morgan fingerprint density at radius 3 is 2.50 bits per heavy atom. The highest BCUT2D eigenvalue weighted by Crippen LogP contribution is 2.15. The number of benzene rings is 1. The number of rotatable bonds is 5. The van der Waals surface area contributed by atoms with E-state index in [-0.39, 0.29) is 5.97 Å². The van der Waals surface area contributed by atoms with Gasteiger partial charge in [-0.15, -0.1) is 0 Å². The van der Waals surface area contributed by atoms with Gasteiger partial charge in [-0.05, 0) is 43.3 Å². The van der Waals surface area contributed by atoms with E-state index < -0.39 is 0 Å². The number of ether oxygens (including phenoxy) is 1. The fraction of sp³-hybridized carbons (Fsp3) is 0.421. The van der Waals surface area contributed by atoms with E-state index in [4.69, 9.17) is 9.15 Å². The number of esters is 1. The molecule has 1 saturated heterocycles. The highest BCUT2D eigenvalue weighted by molar-refractivity contribution is 5.90. The smallest absolute Gasteiger partial charge is 0.338 e. The predicted octanol–water partition coefficient (Wildman–Crippen LogP) is 2.77. The Labute approximate surface area is 142 Å². The summed E-state index contributed by atoms with van der Waals surface area (Å²) in [6.45, 7) is 5.72. The molecule has 128 valence electrons. The Hall–Kier alpha value is -2.11. The fourth-order valence-electron chi connectivity index (χ4n) is 3.17. The molecule has 24 heavy (non-hydrogen) atoms. The minimum absolute atomic E-state index is 0.264. The first-order valence-corrected chi connectivity index (χ1v) is 8.39. The molecule has 0 atom stereocenters. The van der Waals surface area contributed by atoms with E-state index in [0.717, 1.165) is 57.0 Å². The van der Waals surface area contributed by atoms with Crippen LogP contribution in [0.5, 0.6) is 0 Å². The zero-order valence-corrected chi connectivity index (χ0v) is 14.1. The molecule has 0 amide bonds. The van der Waals surface area contributed by atoms with Gasteiger partial charge >= 0.3 is 5.97 Å². The van der Waals surface area contributed by atoms with Gasteiger partial charge in [0.25, 0.3) is 0 Å². The van der Waals surface area contributed by atoms with Crippen LogP contribution in [-0.4, -0.2) is 49.1 Å². The summed E-state index contributed by atoms with van der Waals surface area (Å²) in [6, 6.07) is 11.7. The molecule has 0 N–H and O–H groups in total. The van der Waals surface area contributed by atoms with Crippen LogP contribution in [0.25, 0.3) is 0 Å².